The van der Waals surface area contributed by atoms with E-state index in [4.69, 9.17) is 0 Å². The maximum atomic E-state index is 12.8. The van der Waals surface area contributed by atoms with Gasteiger partial charge in [-0.3, -0.25) is 14.7 Å². The molecule has 1 heterocycles. The molecule has 2 N–H and O–H groups in total. The topological polar surface area (TPSA) is 78.1 Å². The second-order valence-corrected chi connectivity index (χ2v) is 4.96. The smallest absolute Gasteiger partial charge is 0.251 e. The summed E-state index contributed by atoms with van der Waals surface area (Å²) in [7, 11) is 1.65. The van der Waals surface area contributed by atoms with Crippen molar-refractivity contribution in [3.05, 3.63) is 53.1 Å². The zero-order valence-electron chi connectivity index (χ0n) is 12.4. The number of likely N-dealkylation sites (N-methyl/N-ethyl adjacent to an activating group) is 1. The Kier molecular flexibility index (Phi) is 4.88. The van der Waals surface area contributed by atoms with E-state index in [0.29, 0.717) is 12.1 Å². The molecule has 0 bridgehead atoms. The van der Waals surface area contributed by atoms with Gasteiger partial charge in [-0.1, -0.05) is 0 Å². The average molecular weight is 304 g/mol. The van der Waals surface area contributed by atoms with Gasteiger partial charge in [0.2, 0.25) is 5.91 Å². The third kappa shape index (κ3) is 3.91. The Morgan fingerprint density at radius 2 is 2.00 bits per heavy atom. The van der Waals surface area contributed by atoms with Gasteiger partial charge < -0.3 is 10.2 Å². The van der Waals surface area contributed by atoms with Crippen molar-refractivity contribution in [3.8, 4) is 0 Å². The number of halogens is 1. The van der Waals surface area contributed by atoms with Crippen LogP contribution < -0.4 is 5.32 Å². The molecule has 0 saturated carbocycles. The molecule has 0 radical (unpaired) electrons. The van der Waals surface area contributed by atoms with Crippen LogP contribution in [0.4, 0.5) is 4.39 Å². The molecule has 0 aliphatic carbocycles. The summed E-state index contributed by atoms with van der Waals surface area (Å²) in [6.45, 7) is 2.16. The molecule has 1 aromatic heterocycles. The molecule has 0 atom stereocenters. The van der Waals surface area contributed by atoms with E-state index in [1.54, 1.807) is 13.2 Å². The molecule has 0 fully saturated rings. The van der Waals surface area contributed by atoms with Crippen LogP contribution in [-0.2, 0) is 11.3 Å². The van der Waals surface area contributed by atoms with E-state index in [1.807, 2.05) is 6.92 Å². The quantitative estimate of drug-likeness (QED) is 0.872. The lowest BCUT2D eigenvalue weighted by molar-refractivity contribution is -0.129. The molecule has 2 amide bonds. The first-order valence-corrected chi connectivity index (χ1v) is 6.74. The maximum Gasteiger partial charge on any atom is 0.251 e. The molecule has 0 saturated heterocycles. The molecule has 2 aromatic rings. The number of aryl methyl sites for hydroxylation is 1. The van der Waals surface area contributed by atoms with Crippen molar-refractivity contribution in [3.63, 3.8) is 0 Å². The average Bonchev–Trinajstić information content (AvgIpc) is 2.90. The number of H-pyrrole nitrogens is 1. The number of nitrogens with zero attached hydrogens (tertiary/aromatic N) is 2. The summed E-state index contributed by atoms with van der Waals surface area (Å²) in [5, 5.41) is 9.21. The predicted octanol–water partition coefficient (Wildman–Crippen LogP) is 1.25. The van der Waals surface area contributed by atoms with Gasteiger partial charge in [0.1, 0.15) is 5.82 Å². The lowest BCUT2D eigenvalue weighted by Crippen LogP contribution is -2.37. The molecule has 0 aliphatic rings. The highest BCUT2D eigenvalue weighted by atomic mass is 19.1. The second-order valence-electron chi connectivity index (χ2n) is 4.96. The van der Waals surface area contributed by atoms with Gasteiger partial charge in [-0.15, -0.1) is 0 Å². The lowest BCUT2D eigenvalue weighted by atomic mass is 10.2. The summed E-state index contributed by atoms with van der Waals surface area (Å²) in [4.78, 5) is 25.3. The molecule has 6 nitrogen and oxygen atoms in total. The zero-order chi connectivity index (χ0) is 16.1. The van der Waals surface area contributed by atoms with Crippen LogP contribution >= 0.6 is 0 Å². The summed E-state index contributed by atoms with van der Waals surface area (Å²) >= 11 is 0. The summed E-state index contributed by atoms with van der Waals surface area (Å²) in [6.07, 6.45) is 1.66. The summed E-state index contributed by atoms with van der Waals surface area (Å²) in [5.74, 6) is -1.06. The van der Waals surface area contributed by atoms with Crippen molar-refractivity contribution in [1.82, 2.24) is 20.4 Å². The van der Waals surface area contributed by atoms with Crippen LogP contribution in [0, 0.1) is 12.7 Å². The molecule has 0 aliphatic heterocycles. The molecule has 22 heavy (non-hydrogen) atoms. The summed E-state index contributed by atoms with van der Waals surface area (Å²) < 4.78 is 12.8. The van der Waals surface area contributed by atoms with E-state index in [0.717, 1.165) is 11.3 Å². The fourth-order valence-electron chi connectivity index (χ4n) is 1.87. The van der Waals surface area contributed by atoms with Crippen molar-refractivity contribution in [1.29, 1.82) is 0 Å². The Bertz CT molecular complexity index is 666. The summed E-state index contributed by atoms with van der Waals surface area (Å²) in [6, 6.07) is 5.14. The van der Waals surface area contributed by atoms with Crippen LogP contribution in [-0.4, -0.2) is 40.5 Å². The van der Waals surface area contributed by atoms with Crippen molar-refractivity contribution < 1.29 is 14.0 Å². The van der Waals surface area contributed by atoms with E-state index in [9.17, 15) is 14.0 Å². The number of carbonyl (C=O) groups excluding carboxylic acids is 2. The van der Waals surface area contributed by atoms with Gasteiger partial charge in [0.25, 0.3) is 5.91 Å². The van der Waals surface area contributed by atoms with Gasteiger partial charge in [-0.2, -0.15) is 5.10 Å². The van der Waals surface area contributed by atoms with E-state index in [1.165, 1.54) is 29.2 Å². The minimum atomic E-state index is -0.416. The highest BCUT2D eigenvalue weighted by molar-refractivity contribution is 5.96. The normalized spacial score (nSPS) is 10.3. The molecule has 116 valence electrons. The second kappa shape index (κ2) is 6.84. The van der Waals surface area contributed by atoms with Gasteiger partial charge in [0.05, 0.1) is 12.7 Å². The van der Waals surface area contributed by atoms with E-state index < -0.39 is 11.7 Å². The van der Waals surface area contributed by atoms with Crippen LogP contribution in [0.15, 0.2) is 30.5 Å². The molecule has 7 heteroatoms. The van der Waals surface area contributed by atoms with Gasteiger partial charge in [0.15, 0.2) is 0 Å². The van der Waals surface area contributed by atoms with Crippen LogP contribution in [0.2, 0.25) is 0 Å². The molecule has 0 spiro atoms. The van der Waals surface area contributed by atoms with E-state index in [-0.39, 0.29) is 12.5 Å². The van der Waals surface area contributed by atoms with Crippen LogP contribution in [0.1, 0.15) is 21.6 Å². The third-order valence-corrected chi connectivity index (χ3v) is 3.27. The number of carbonyl (C=O) groups is 2. The van der Waals surface area contributed by atoms with Crippen LogP contribution in [0.25, 0.3) is 0 Å². The van der Waals surface area contributed by atoms with Crippen molar-refractivity contribution in [2.45, 2.75) is 13.5 Å². The van der Waals surface area contributed by atoms with Gasteiger partial charge in [-0.05, 0) is 31.2 Å². The number of hydrogen-bond acceptors (Lipinski definition) is 3. The monoisotopic (exact) mass is 304 g/mol. The largest absolute Gasteiger partial charge is 0.343 e. The Morgan fingerprint density at radius 3 is 2.59 bits per heavy atom. The van der Waals surface area contributed by atoms with Crippen LogP contribution in [0.5, 0.6) is 0 Å². The number of aromatic nitrogens is 2. The Hall–Kier alpha value is -2.70. The fourth-order valence-corrected chi connectivity index (χ4v) is 1.87. The number of hydrogen-bond donors (Lipinski definition) is 2. The Morgan fingerprint density at radius 1 is 1.32 bits per heavy atom. The fraction of sp³-hybridized carbons (Fsp3) is 0.267. The lowest BCUT2D eigenvalue weighted by Gasteiger charge is -2.17. The molecular weight excluding hydrogens is 287 g/mol. The van der Waals surface area contributed by atoms with Gasteiger partial charge >= 0.3 is 0 Å². The number of amides is 2. The predicted molar refractivity (Wildman–Crippen MR) is 78.5 cm³/mol. The minimum absolute atomic E-state index is 0.121. The standard InChI is InChI=1S/C15H17FN4O2/c1-10-12(7-18-19-10)9-20(2)14(21)8-17-15(22)11-3-5-13(16)6-4-11/h3-7H,8-9H2,1-2H3,(H,17,22)(H,18,19). The van der Waals surface area contributed by atoms with Crippen molar-refractivity contribution in [2.75, 3.05) is 13.6 Å². The van der Waals surface area contributed by atoms with Gasteiger partial charge in [0, 0.05) is 30.4 Å². The van der Waals surface area contributed by atoms with Gasteiger partial charge in [-0.25, -0.2) is 4.39 Å². The summed E-state index contributed by atoms with van der Waals surface area (Å²) in [5.41, 5.74) is 2.12. The van der Waals surface area contributed by atoms with Crippen molar-refractivity contribution in [2.24, 2.45) is 0 Å². The number of aromatic amines is 1. The van der Waals surface area contributed by atoms with Crippen LogP contribution in [0.3, 0.4) is 0 Å². The molecule has 0 unspecified atom stereocenters. The Balaban J connectivity index is 1.85. The molecule has 2 rings (SSSR count). The maximum absolute atomic E-state index is 12.8. The first kappa shape index (κ1) is 15.7. The minimum Gasteiger partial charge on any atom is -0.343 e. The first-order valence-electron chi connectivity index (χ1n) is 6.74. The third-order valence-electron chi connectivity index (χ3n) is 3.27. The number of rotatable bonds is 5. The van der Waals surface area contributed by atoms with E-state index in [2.05, 4.69) is 15.5 Å². The highest BCUT2D eigenvalue weighted by Crippen LogP contribution is 2.06. The number of benzene rings is 1. The number of nitrogens with one attached hydrogen (secondary N) is 2. The molecule has 1 aromatic carbocycles. The zero-order valence-corrected chi connectivity index (χ0v) is 12.4. The SMILES string of the molecule is Cc1[nH]ncc1CN(C)C(=O)CNC(=O)c1ccc(F)cc1. The Labute approximate surface area is 127 Å². The molecular formula is C15H17FN4O2. The van der Waals surface area contributed by atoms with Crippen molar-refractivity contribution >= 4 is 11.8 Å². The first-order chi connectivity index (χ1) is 10.5. The highest BCUT2D eigenvalue weighted by Gasteiger charge is 2.13. The van der Waals surface area contributed by atoms with E-state index >= 15 is 0 Å².